The molecular formula is C54H63BrF4N14O6. The van der Waals surface area contributed by atoms with Crippen molar-refractivity contribution in [1.82, 2.24) is 58.6 Å². The summed E-state index contributed by atoms with van der Waals surface area (Å²) in [5.74, 6) is 1.75. The number of rotatable bonds is 14. The topological polar surface area (TPSA) is 232 Å². The first-order chi connectivity index (χ1) is 37.4. The molecule has 2 saturated heterocycles. The third-order valence-electron chi connectivity index (χ3n) is 12.8. The molecule has 0 aromatic carbocycles. The summed E-state index contributed by atoms with van der Waals surface area (Å²) >= 11 is 3.20. The van der Waals surface area contributed by atoms with E-state index in [1.807, 2.05) is 21.5 Å². The van der Waals surface area contributed by atoms with Gasteiger partial charge >= 0.3 is 0 Å². The number of nitrogens with one attached hydrogen (secondary N) is 1. The van der Waals surface area contributed by atoms with E-state index in [9.17, 15) is 27.2 Å². The minimum Gasteiger partial charge on any atom is -0.455 e. The Hall–Kier alpha value is -7.38. The molecule has 0 unspecified atom stereocenters. The highest BCUT2D eigenvalue weighted by atomic mass is 79.9. The van der Waals surface area contributed by atoms with Gasteiger partial charge in [0.15, 0.2) is 33.3 Å². The minimum absolute atomic E-state index is 0.0549. The van der Waals surface area contributed by atoms with E-state index >= 15 is 0 Å². The molecule has 2 fully saturated rings. The van der Waals surface area contributed by atoms with Gasteiger partial charge in [0.25, 0.3) is 12.9 Å². The highest BCUT2D eigenvalue weighted by molar-refractivity contribution is 9.10. The predicted molar refractivity (Wildman–Crippen MR) is 291 cm³/mol. The first-order valence-corrected chi connectivity index (χ1v) is 26.2. The molecular weight excluding hydrogens is 1100 g/mol. The number of aryl methyl sites for hydroxylation is 2. The number of nitrogens with zero attached hydrogens (tertiary/aromatic N) is 12. The van der Waals surface area contributed by atoms with Gasteiger partial charge in [-0.25, -0.2) is 32.5 Å². The molecule has 0 saturated carbocycles. The number of ether oxygens (including phenoxy) is 4. The van der Waals surface area contributed by atoms with Gasteiger partial charge in [-0.2, -0.15) is 15.2 Å². The zero-order chi connectivity index (χ0) is 57.1. The van der Waals surface area contributed by atoms with Gasteiger partial charge in [-0.3, -0.25) is 28.9 Å². The van der Waals surface area contributed by atoms with Crippen molar-refractivity contribution in [3.05, 3.63) is 99.8 Å². The molecule has 0 bridgehead atoms. The van der Waals surface area contributed by atoms with E-state index in [0.29, 0.717) is 58.7 Å². The molecule has 2 atom stereocenters. The molecule has 79 heavy (non-hydrogen) atoms. The molecule has 10 rings (SSSR count). The highest BCUT2D eigenvalue weighted by Crippen LogP contribution is 2.40. The first kappa shape index (κ1) is 57.8. The van der Waals surface area contributed by atoms with Crippen molar-refractivity contribution in [2.75, 3.05) is 37.5 Å². The fourth-order valence-electron chi connectivity index (χ4n) is 9.12. The maximum Gasteiger partial charge on any atom is 0.269 e. The van der Waals surface area contributed by atoms with Crippen molar-refractivity contribution < 1.29 is 46.1 Å². The Kier molecular flexibility index (Phi) is 17.5. The summed E-state index contributed by atoms with van der Waals surface area (Å²) in [7, 11) is 3.24. The summed E-state index contributed by atoms with van der Waals surface area (Å²) in [4.78, 5) is 47.8. The second-order valence-corrected chi connectivity index (χ2v) is 22.0. The number of pyridine rings is 4. The van der Waals surface area contributed by atoms with Gasteiger partial charge in [-0.15, -0.1) is 0 Å². The second kappa shape index (κ2) is 23.9. The minimum atomic E-state index is -2.86. The van der Waals surface area contributed by atoms with Gasteiger partial charge in [0, 0.05) is 99.0 Å². The largest absolute Gasteiger partial charge is 0.455 e. The number of carbonyl (C=O) groups is 2. The Morgan fingerprint density at radius 2 is 1.18 bits per heavy atom. The van der Waals surface area contributed by atoms with Gasteiger partial charge in [-0.1, -0.05) is 41.5 Å². The Balaban J connectivity index is 0.000000174. The van der Waals surface area contributed by atoms with Crippen molar-refractivity contribution >= 4 is 67.4 Å². The zero-order valence-corrected chi connectivity index (χ0v) is 47.1. The molecule has 0 spiro atoms. The number of halogens is 5. The molecule has 3 N–H and O–H groups in total. The van der Waals surface area contributed by atoms with Gasteiger partial charge in [0.1, 0.15) is 39.9 Å². The quantitative estimate of drug-likeness (QED) is 0.0964. The monoisotopic (exact) mass is 1160 g/mol. The van der Waals surface area contributed by atoms with Crippen LogP contribution >= 0.6 is 15.9 Å². The number of alkyl halides is 4. The molecule has 0 aliphatic carbocycles. The summed E-state index contributed by atoms with van der Waals surface area (Å²) in [6, 6.07) is 10.6. The number of carbonyl (C=O) groups excluding carboxylic acids is 2. The average molecular weight is 1160 g/mol. The van der Waals surface area contributed by atoms with Crippen molar-refractivity contribution in [2.45, 2.75) is 117 Å². The molecule has 20 nitrogen and oxygen atoms in total. The lowest BCUT2D eigenvalue weighted by Gasteiger charge is -2.22. The van der Waals surface area contributed by atoms with Gasteiger partial charge in [-0.05, 0) is 54.8 Å². The maximum absolute atomic E-state index is 14.4. The maximum atomic E-state index is 14.4. The first-order valence-electron chi connectivity index (χ1n) is 25.4. The molecule has 0 radical (unpaired) electrons. The zero-order valence-electron chi connectivity index (χ0n) is 45.5. The predicted octanol–water partition coefficient (Wildman–Crippen LogP) is 11.1. The van der Waals surface area contributed by atoms with Crippen LogP contribution in [0.3, 0.4) is 0 Å². The number of hydrogen-bond donors (Lipinski definition) is 2. The van der Waals surface area contributed by atoms with E-state index in [1.54, 1.807) is 26.2 Å². The number of nitrogen functional groups attached to an aromatic ring is 1. The van der Waals surface area contributed by atoms with Crippen LogP contribution in [0.15, 0.2) is 65.9 Å². The average Bonchev–Trinajstić information content (AvgIpc) is 4.27. The van der Waals surface area contributed by atoms with Crippen molar-refractivity contribution in [2.24, 2.45) is 14.1 Å². The SMILES string of the molecule is CC(=O)Cc1cc(Oc2cnc3nc(Br)n(C)c3c2C(F)F)ccn1.CC(=O)Cc1cc(Oc2cnc3nc(Nc4cc(C(C)(C)C)n([C@H]5CCOC5)n4)n(C)c3c2C(F)F)ccn1.CC(C)(C)c1cc(N)nn1[C@H]1CCOC1. The van der Waals surface area contributed by atoms with Crippen LogP contribution in [0.1, 0.15) is 127 Å². The molecule has 420 valence electrons. The van der Waals surface area contributed by atoms with Crippen molar-refractivity contribution in [1.29, 1.82) is 0 Å². The second-order valence-electron chi connectivity index (χ2n) is 21.3. The number of fused-ring (bicyclic) bond motifs is 2. The molecule has 0 amide bonds. The van der Waals surface area contributed by atoms with Crippen molar-refractivity contribution in [3.8, 4) is 23.0 Å². The molecule has 8 aromatic rings. The fraction of sp³-hybridized carbons (Fsp3) is 0.444. The summed E-state index contributed by atoms with van der Waals surface area (Å²) in [5, 5.41) is 12.3. The number of anilines is 3. The Morgan fingerprint density at radius 3 is 1.63 bits per heavy atom. The molecule has 2 aliphatic heterocycles. The van der Waals surface area contributed by atoms with Crippen LogP contribution in [0, 0.1) is 0 Å². The summed E-state index contributed by atoms with van der Waals surface area (Å²) in [5.41, 5.74) is 8.93. The molecule has 2 aliphatic rings. The lowest BCUT2D eigenvalue weighted by atomic mass is 9.91. The van der Waals surface area contributed by atoms with Crippen LogP contribution in [0.25, 0.3) is 22.3 Å². The summed E-state index contributed by atoms with van der Waals surface area (Å²) in [6.45, 7) is 18.6. The van der Waals surface area contributed by atoms with Crippen molar-refractivity contribution in [3.63, 3.8) is 0 Å². The van der Waals surface area contributed by atoms with Gasteiger partial charge in [0.05, 0.1) is 60.2 Å². The third kappa shape index (κ3) is 13.6. The standard InChI is InChI=1S/C27H31F2N7O3.C16H13BrF2N4O2.C11H19N3O/c1-15(37)10-16-11-18(6-8-30-16)39-19-13-31-25-23(22(19)24(28)29)35(5)26(33-25)32-21-12-20(27(2,3)4)36(34-21)17-7-9-38-14-17;1-8(24)5-9-6-10(3-4-20-9)25-11-7-21-15-13(12(11)14(18)19)23(2)16(17)22-15;1-11(2,3)9-6-10(12)13-14(9)8-4-5-15-7-8/h6,8,11-13,17,24H,7,9-10,14H2,1-5H3,(H,31,32,33,34);3-4,6-7,14H,5H2,1-2H3;6,8H,4-5,7H2,1-3H3,(H2,12,13)/t17-;;8-/m0.0/s1. The normalized spacial score (nSPS) is 15.6. The molecule has 25 heteroatoms. The van der Waals surface area contributed by atoms with Crippen LogP contribution in [0.4, 0.5) is 35.1 Å². The van der Waals surface area contributed by atoms with E-state index in [0.717, 1.165) is 31.7 Å². The Labute approximate surface area is 461 Å². The van der Waals surface area contributed by atoms with E-state index in [1.165, 1.54) is 65.6 Å². The van der Waals surface area contributed by atoms with Crippen LogP contribution in [-0.4, -0.2) is 96.6 Å². The Morgan fingerprint density at radius 1 is 0.709 bits per heavy atom. The van der Waals surface area contributed by atoms with Crippen LogP contribution in [0.2, 0.25) is 0 Å². The number of aromatic nitrogens is 12. The van der Waals surface area contributed by atoms with E-state index < -0.39 is 12.9 Å². The highest BCUT2D eigenvalue weighted by Gasteiger charge is 2.31. The van der Waals surface area contributed by atoms with Crippen LogP contribution in [0.5, 0.6) is 23.0 Å². The van der Waals surface area contributed by atoms with E-state index in [-0.39, 0.29) is 92.0 Å². The van der Waals surface area contributed by atoms with Gasteiger partial charge < -0.3 is 39.1 Å². The number of ketones is 2. The summed E-state index contributed by atoms with van der Waals surface area (Å²) in [6.07, 6.45) is 1.91. The van der Waals surface area contributed by atoms with Gasteiger partial charge in [0.2, 0.25) is 5.95 Å². The number of imidazole rings is 2. The van der Waals surface area contributed by atoms with Crippen LogP contribution in [-0.2, 0) is 56.8 Å². The lowest BCUT2D eigenvalue weighted by Crippen LogP contribution is -2.22. The fourth-order valence-corrected chi connectivity index (χ4v) is 9.46. The van der Waals surface area contributed by atoms with E-state index in [4.69, 9.17) is 29.8 Å². The van der Waals surface area contributed by atoms with Crippen LogP contribution < -0.4 is 20.5 Å². The number of nitrogens with two attached hydrogens (primary N) is 1. The third-order valence-corrected chi connectivity index (χ3v) is 13.6. The lowest BCUT2D eigenvalue weighted by molar-refractivity contribution is -0.117. The number of hydrogen-bond acceptors (Lipinski definition) is 16. The number of Topliss-reactive ketones (excluding diaryl/α,β-unsaturated/α-hetero) is 2. The molecule has 8 aromatic heterocycles. The molecule has 10 heterocycles. The summed E-state index contributed by atoms with van der Waals surface area (Å²) < 4.78 is 86.0. The smallest absolute Gasteiger partial charge is 0.269 e. The Bertz CT molecular complexity index is 3480. The van der Waals surface area contributed by atoms with E-state index in [2.05, 4.69) is 97.8 Å².